The van der Waals surface area contributed by atoms with Gasteiger partial charge in [-0.25, -0.2) is 0 Å². The number of amides is 2. The normalized spacial score (nSPS) is 19.3. The lowest BCUT2D eigenvalue weighted by Gasteiger charge is -2.43. The van der Waals surface area contributed by atoms with E-state index in [1.807, 2.05) is 17.0 Å². The summed E-state index contributed by atoms with van der Waals surface area (Å²) in [4.78, 5) is 39.9. The number of pyridine rings is 1. The lowest BCUT2D eigenvalue weighted by atomic mass is 9.83. The minimum Gasteiger partial charge on any atom is -0.384 e. The average Bonchev–Trinajstić information content (AvgIpc) is 2.79. The standard InChI is InChI=1S/C23H24N4O4/c1-31-9-8-21(28)26-12-16-10-18(14-26)20-7-6-19(23(30)27(20)13-16)25-22(29)17-4-2-15(11-24)3-5-17/h2-7,16,18H,8-10,12-14H2,1H3,(H,25,29). The Hall–Kier alpha value is -3.44. The number of benzene rings is 1. The van der Waals surface area contributed by atoms with Crippen LogP contribution in [0.15, 0.2) is 41.2 Å². The first-order valence-electron chi connectivity index (χ1n) is 10.3. The van der Waals surface area contributed by atoms with Crippen molar-refractivity contribution in [2.45, 2.75) is 25.3 Å². The van der Waals surface area contributed by atoms with Gasteiger partial charge in [0.15, 0.2) is 0 Å². The first kappa shape index (κ1) is 20.8. The second kappa shape index (κ2) is 8.74. The molecule has 2 aliphatic heterocycles. The summed E-state index contributed by atoms with van der Waals surface area (Å²) in [6.45, 7) is 2.16. The maximum absolute atomic E-state index is 13.1. The number of nitrogens with zero attached hydrogens (tertiary/aromatic N) is 3. The molecule has 8 nitrogen and oxygen atoms in total. The summed E-state index contributed by atoms with van der Waals surface area (Å²) < 4.78 is 6.76. The zero-order valence-corrected chi connectivity index (χ0v) is 17.3. The van der Waals surface area contributed by atoms with Crippen molar-refractivity contribution >= 4 is 17.5 Å². The summed E-state index contributed by atoms with van der Waals surface area (Å²) in [6, 6.07) is 11.8. The molecule has 0 radical (unpaired) electrons. The topological polar surface area (TPSA) is 104 Å². The fourth-order valence-corrected chi connectivity index (χ4v) is 4.48. The number of carbonyl (C=O) groups excluding carboxylic acids is 2. The lowest BCUT2D eigenvalue weighted by molar-refractivity contribution is -0.134. The van der Waals surface area contributed by atoms with Gasteiger partial charge >= 0.3 is 0 Å². The lowest BCUT2D eigenvalue weighted by Crippen LogP contribution is -2.49. The van der Waals surface area contributed by atoms with Crippen LogP contribution in [0.4, 0.5) is 5.69 Å². The molecule has 31 heavy (non-hydrogen) atoms. The Morgan fingerprint density at radius 1 is 1.16 bits per heavy atom. The largest absolute Gasteiger partial charge is 0.384 e. The molecule has 0 saturated carbocycles. The molecule has 2 aromatic rings. The van der Waals surface area contributed by atoms with Crippen molar-refractivity contribution < 1.29 is 14.3 Å². The maximum Gasteiger partial charge on any atom is 0.274 e. The number of nitriles is 1. The minimum absolute atomic E-state index is 0.0821. The molecular formula is C23H24N4O4. The van der Waals surface area contributed by atoms with Gasteiger partial charge in [-0.15, -0.1) is 0 Å². The Bertz CT molecular complexity index is 1100. The Morgan fingerprint density at radius 2 is 1.94 bits per heavy atom. The SMILES string of the molecule is COCCC(=O)N1CC2CC(C1)c1ccc(NC(=O)c3ccc(C#N)cc3)c(=O)n1C2. The van der Waals surface area contributed by atoms with Crippen molar-refractivity contribution in [2.24, 2.45) is 5.92 Å². The van der Waals surface area contributed by atoms with Gasteiger partial charge in [-0.2, -0.15) is 5.26 Å². The number of hydrogen-bond acceptors (Lipinski definition) is 5. The van der Waals surface area contributed by atoms with Crippen LogP contribution in [0, 0.1) is 17.2 Å². The van der Waals surface area contributed by atoms with Gasteiger partial charge < -0.3 is 19.5 Å². The third-order valence-corrected chi connectivity index (χ3v) is 6.00. The quantitative estimate of drug-likeness (QED) is 0.796. The van der Waals surface area contributed by atoms with E-state index in [0.29, 0.717) is 43.8 Å². The number of fused-ring (bicyclic) bond motifs is 4. The highest BCUT2D eigenvalue weighted by molar-refractivity contribution is 6.04. The summed E-state index contributed by atoms with van der Waals surface area (Å²) in [7, 11) is 1.58. The van der Waals surface area contributed by atoms with Crippen LogP contribution in [0.1, 0.15) is 40.4 Å². The monoisotopic (exact) mass is 420 g/mol. The van der Waals surface area contributed by atoms with Crippen LogP contribution in [0.2, 0.25) is 0 Å². The van der Waals surface area contributed by atoms with E-state index in [2.05, 4.69) is 5.32 Å². The third-order valence-electron chi connectivity index (χ3n) is 6.00. The fraction of sp³-hybridized carbons (Fsp3) is 0.391. The smallest absolute Gasteiger partial charge is 0.274 e. The molecule has 2 amide bonds. The van der Waals surface area contributed by atoms with Crippen molar-refractivity contribution in [1.82, 2.24) is 9.47 Å². The number of anilines is 1. The van der Waals surface area contributed by atoms with Gasteiger partial charge in [-0.1, -0.05) is 0 Å². The average molecular weight is 420 g/mol. The molecule has 2 aliphatic rings. The summed E-state index contributed by atoms with van der Waals surface area (Å²) in [5.74, 6) is 0.00148. The second-order valence-electron chi connectivity index (χ2n) is 8.07. The summed E-state index contributed by atoms with van der Waals surface area (Å²) in [6.07, 6.45) is 1.31. The first-order chi connectivity index (χ1) is 15.0. The highest BCUT2D eigenvalue weighted by Crippen LogP contribution is 2.35. The van der Waals surface area contributed by atoms with Gasteiger partial charge in [-0.05, 0) is 48.7 Å². The molecule has 2 unspecified atom stereocenters. The van der Waals surface area contributed by atoms with Crippen LogP contribution in [-0.4, -0.2) is 48.1 Å². The Labute approximate surface area is 180 Å². The van der Waals surface area contributed by atoms with Gasteiger partial charge in [0.05, 0.1) is 24.7 Å². The molecule has 3 heterocycles. The molecule has 160 valence electrons. The molecule has 8 heteroatoms. The van der Waals surface area contributed by atoms with Crippen LogP contribution >= 0.6 is 0 Å². The molecule has 1 aromatic heterocycles. The molecule has 1 aromatic carbocycles. The van der Waals surface area contributed by atoms with Crippen LogP contribution in [0.5, 0.6) is 0 Å². The molecule has 1 fully saturated rings. The number of rotatable bonds is 5. The Kier molecular flexibility index (Phi) is 5.87. The van der Waals surface area contributed by atoms with E-state index < -0.39 is 5.91 Å². The van der Waals surface area contributed by atoms with Gasteiger partial charge in [0.25, 0.3) is 11.5 Å². The summed E-state index contributed by atoms with van der Waals surface area (Å²) >= 11 is 0. The van der Waals surface area contributed by atoms with E-state index in [1.165, 1.54) is 0 Å². The number of aromatic nitrogens is 1. The second-order valence-corrected chi connectivity index (χ2v) is 8.07. The van der Waals surface area contributed by atoms with Crippen LogP contribution < -0.4 is 10.9 Å². The number of nitrogens with one attached hydrogen (secondary N) is 1. The molecule has 2 bridgehead atoms. The number of piperidine rings is 1. The van der Waals surface area contributed by atoms with Gasteiger partial charge in [-0.3, -0.25) is 14.4 Å². The molecule has 0 spiro atoms. The molecule has 4 rings (SSSR count). The number of carbonyl (C=O) groups is 2. The fourth-order valence-electron chi connectivity index (χ4n) is 4.48. The number of methoxy groups -OCH3 is 1. The highest BCUT2D eigenvalue weighted by atomic mass is 16.5. The summed E-state index contributed by atoms with van der Waals surface area (Å²) in [5.41, 5.74) is 1.75. The van der Waals surface area contributed by atoms with E-state index >= 15 is 0 Å². The van der Waals surface area contributed by atoms with Crippen molar-refractivity contribution in [2.75, 3.05) is 32.1 Å². The van der Waals surface area contributed by atoms with Crippen molar-refractivity contribution in [3.63, 3.8) is 0 Å². The molecule has 1 N–H and O–H groups in total. The van der Waals surface area contributed by atoms with Crippen molar-refractivity contribution in [1.29, 1.82) is 5.26 Å². The molecule has 0 aliphatic carbocycles. The van der Waals surface area contributed by atoms with Crippen LogP contribution in [-0.2, 0) is 16.1 Å². The minimum atomic E-state index is -0.395. The zero-order chi connectivity index (χ0) is 22.0. The summed E-state index contributed by atoms with van der Waals surface area (Å²) in [5, 5.41) is 11.6. The van der Waals surface area contributed by atoms with Gasteiger partial charge in [0.1, 0.15) is 5.69 Å². The Balaban J connectivity index is 1.52. The van der Waals surface area contributed by atoms with Gasteiger partial charge in [0, 0.05) is 43.9 Å². The predicted molar refractivity (Wildman–Crippen MR) is 114 cm³/mol. The van der Waals surface area contributed by atoms with Crippen molar-refractivity contribution in [3.05, 3.63) is 63.6 Å². The number of likely N-dealkylation sites (tertiary alicyclic amines) is 1. The van der Waals surface area contributed by atoms with E-state index in [1.54, 1.807) is 42.0 Å². The molecular weight excluding hydrogens is 396 g/mol. The van der Waals surface area contributed by atoms with Crippen LogP contribution in [0.3, 0.4) is 0 Å². The van der Waals surface area contributed by atoms with E-state index in [0.717, 1.165) is 12.1 Å². The Morgan fingerprint density at radius 3 is 2.65 bits per heavy atom. The highest BCUT2D eigenvalue weighted by Gasteiger charge is 2.36. The third kappa shape index (κ3) is 4.23. The molecule has 2 atom stereocenters. The number of ether oxygens (including phenoxy) is 1. The maximum atomic E-state index is 13.1. The first-order valence-corrected chi connectivity index (χ1v) is 10.3. The molecule has 1 saturated heterocycles. The van der Waals surface area contributed by atoms with Crippen molar-refractivity contribution in [3.8, 4) is 6.07 Å². The van der Waals surface area contributed by atoms with Gasteiger partial charge in [0.2, 0.25) is 5.91 Å². The predicted octanol–water partition coefficient (Wildman–Crippen LogP) is 1.95. The number of hydrogen-bond donors (Lipinski definition) is 1. The zero-order valence-electron chi connectivity index (χ0n) is 17.3. The van der Waals surface area contributed by atoms with E-state index in [4.69, 9.17) is 10.00 Å². The van der Waals surface area contributed by atoms with Crippen LogP contribution in [0.25, 0.3) is 0 Å². The van der Waals surface area contributed by atoms with E-state index in [-0.39, 0.29) is 29.0 Å². The van der Waals surface area contributed by atoms with E-state index in [9.17, 15) is 14.4 Å².